The monoisotopic (exact) mass is 358 g/mol. The second-order valence-electron chi connectivity index (χ2n) is 3.47. The minimum absolute atomic E-state index is 0.276. The Hall–Kier alpha value is 0.180. The normalized spacial score (nSPS) is 10.8. The summed E-state index contributed by atoms with van der Waals surface area (Å²) >= 11 is 36.0. The van der Waals surface area contributed by atoms with Crippen molar-refractivity contribution in [2.45, 2.75) is 0 Å². The van der Waals surface area contributed by atoms with Crippen molar-refractivity contribution in [2.24, 2.45) is 0 Å². The van der Waals surface area contributed by atoms with E-state index in [-0.39, 0.29) is 5.02 Å². The Morgan fingerprint density at radius 3 is 1.78 bits per heavy atom. The highest BCUT2D eigenvalue weighted by atomic mass is 35.5. The Kier molecular flexibility index (Phi) is 4.59. The third-order valence-corrected chi connectivity index (χ3v) is 4.66. The van der Waals surface area contributed by atoms with E-state index in [0.29, 0.717) is 36.2 Å². The van der Waals surface area contributed by atoms with E-state index in [1.807, 2.05) is 0 Å². The van der Waals surface area contributed by atoms with E-state index in [4.69, 9.17) is 69.6 Å². The smallest absolute Gasteiger partial charge is 0.0784 e. The number of halogens is 6. The lowest BCUT2D eigenvalue weighted by atomic mass is 10.1. The maximum absolute atomic E-state index is 6.15. The van der Waals surface area contributed by atoms with Gasteiger partial charge in [0.25, 0.3) is 0 Å². The average molecular weight is 361 g/mol. The van der Waals surface area contributed by atoms with Gasteiger partial charge < -0.3 is 0 Å². The molecule has 0 unspecified atom stereocenters. The van der Waals surface area contributed by atoms with Crippen molar-refractivity contribution in [3.05, 3.63) is 54.4 Å². The Labute approximate surface area is 134 Å². The second-order valence-corrected chi connectivity index (χ2v) is 5.85. The van der Waals surface area contributed by atoms with Crippen LogP contribution in [0, 0.1) is 0 Å². The van der Waals surface area contributed by atoms with Crippen molar-refractivity contribution in [1.82, 2.24) is 0 Å². The summed E-state index contributed by atoms with van der Waals surface area (Å²) in [5, 5.41) is 2.17. The van der Waals surface area contributed by atoms with Gasteiger partial charge in [0.1, 0.15) is 0 Å². The van der Waals surface area contributed by atoms with Crippen LogP contribution in [0.4, 0.5) is 0 Å². The molecule has 0 aromatic heterocycles. The zero-order valence-corrected chi connectivity index (χ0v) is 13.1. The lowest BCUT2D eigenvalue weighted by molar-refractivity contribution is 1.61. The van der Waals surface area contributed by atoms with E-state index < -0.39 is 0 Å². The van der Waals surface area contributed by atoms with E-state index in [1.165, 1.54) is 0 Å². The minimum atomic E-state index is 0.276. The first-order valence-electron chi connectivity index (χ1n) is 4.70. The van der Waals surface area contributed by atoms with Gasteiger partial charge in [-0.2, -0.15) is 0 Å². The number of hydrogen-bond acceptors (Lipinski definition) is 0. The Balaban J connectivity index is 2.70. The first-order chi connectivity index (χ1) is 8.41. The zero-order chi connectivity index (χ0) is 13.4. The van der Waals surface area contributed by atoms with E-state index in [1.54, 1.807) is 24.3 Å². The molecule has 0 nitrogen and oxygen atoms in total. The van der Waals surface area contributed by atoms with Crippen LogP contribution in [0.3, 0.4) is 0 Å². The first kappa shape index (κ1) is 14.6. The summed E-state index contributed by atoms with van der Waals surface area (Å²) in [7, 11) is 0. The maximum Gasteiger partial charge on any atom is 0.0784 e. The van der Waals surface area contributed by atoms with Crippen LogP contribution in [0.5, 0.6) is 0 Å². The molecule has 0 atom stereocenters. The molecule has 0 N–H and O–H groups in total. The largest absolute Gasteiger partial charge is 0.0836 e. The lowest BCUT2D eigenvalue weighted by Gasteiger charge is -2.10. The Morgan fingerprint density at radius 2 is 1.11 bits per heavy atom. The number of rotatable bonds is 1. The van der Waals surface area contributed by atoms with Crippen LogP contribution in [0.1, 0.15) is 0 Å². The lowest BCUT2D eigenvalue weighted by Crippen LogP contribution is -1.84. The molecule has 0 amide bonds. The van der Waals surface area contributed by atoms with Gasteiger partial charge in [0, 0.05) is 11.1 Å². The highest BCUT2D eigenvalue weighted by Crippen LogP contribution is 2.42. The molecule has 0 saturated carbocycles. The summed E-state index contributed by atoms with van der Waals surface area (Å²) < 4.78 is 0. The average Bonchev–Trinajstić information content (AvgIpc) is 2.32. The van der Waals surface area contributed by atoms with Crippen LogP contribution in [0.25, 0.3) is 11.1 Å². The minimum Gasteiger partial charge on any atom is -0.0836 e. The molecule has 94 valence electrons. The second kappa shape index (κ2) is 5.66. The van der Waals surface area contributed by atoms with Crippen LogP contribution in [0.2, 0.25) is 30.1 Å². The molecule has 0 radical (unpaired) electrons. The summed E-state index contributed by atoms with van der Waals surface area (Å²) in [6.45, 7) is 0. The van der Waals surface area contributed by atoms with Gasteiger partial charge in [-0.3, -0.25) is 0 Å². The van der Waals surface area contributed by atoms with Crippen LogP contribution in [-0.4, -0.2) is 0 Å². The van der Waals surface area contributed by atoms with Gasteiger partial charge in [-0.05, 0) is 18.2 Å². The summed E-state index contributed by atoms with van der Waals surface area (Å²) in [5.41, 5.74) is 1.30. The molecule has 2 aromatic rings. The van der Waals surface area contributed by atoms with Crippen LogP contribution in [-0.2, 0) is 0 Å². The van der Waals surface area contributed by atoms with Gasteiger partial charge >= 0.3 is 0 Å². The quantitative estimate of drug-likeness (QED) is 0.370. The Morgan fingerprint density at radius 1 is 0.500 bits per heavy atom. The van der Waals surface area contributed by atoms with Crippen molar-refractivity contribution in [2.75, 3.05) is 0 Å². The topological polar surface area (TPSA) is 0 Å². The zero-order valence-electron chi connectivity index (χ0n) is 8.58. The van der Waals surface area contributed by atoms with Crippen LogP contribution < -0.4 is 0 Å². The molecular weight excluding hydrogens is 357 g/mol. The fraction of sp³-hybridized carbons (Fsp3) is 0. The van der Waals surface area contributed by atoms with Crippen LogP contribution >= 0.6 is 69.6 Å². The third-order valence-electron chi connectivity index (χ3n) is 2.34. The summed E-state index contributed by atoms with van der Waals surface area (Å²) in [5.74, 6) is 0. The van der Waals surface area contributed by atoms with Gasteiger partial charge in [0.05, 0.1) is 30.1 Å². The molecule has 0 bridgehead atoms. The fourth-order valence-corrected chi connectivity index (χ4v) is 2.75. The van der Waals surface area contributed by atoms with Crippen LogP contribution in [0.15, 0.2) is 24.3 Å². The van der Waals surface area contributed by atoms with E-state index in [0.717, 1.165) is 0 Å². The molecule has 18 heavy (non-hydrogen) atoms. The Bertz CT molecular complexity index is 620. The highest BCUT2D eigenvalue weighted by molar-refractivity contribution is 6.49. The van der Waals surface area contributed by atoms with Gasteiger partial charge in [-0.15, -0.1) is 0 Å². The molecule has 0 spiro atoms. The fourth-order valence-electron chi connectivity index (χ4n) is 1.46. The van der Waals surface area contributed by atoms with Gasteiger partial charge in [0.2, 0.25) is 0 Å². The predicted molar refractivity (Wildman–Crippen MR) is 81.9 cm³/mol. The highest BCUT2D eigenvalue weighted by Gasteiger charge is 2.14. The molecule has 0 fully saturated rings. The molecule has 6 heteroatoms. The van der Waals surface area contributed by atoms with E-state index >= 15 is 0 Å². The molecule has 0 heterocycles. The van der Waals surface area contributed by atoms with Crippen molar-refractivity contribution >= 4 is 69.6 Å². The van der Waals surface area contributed by atoms with E-state index in [2.05, 4.69) is 0 Å². The van der Waals surface area contributed by atoms with Gasteiger partial charge in [0.15, 0.2) is 0 Å². The molecule has 0 saturated heterocycles. The van der Waals surface area contributed by atoms with Gasteiger partial charge in [-0.1, -0.05) is 75.7 Å². The molecule has 0 aliphatic carbocycles. The molecule has 0 aliphatic heterocycles. The summed E-state index contributed by atoms with van der Waals surface area (Å²) in [6, 6.07) is 6.56. The standard InChI is InChI=1S/C12H4Cl6/c13-7-2-1-5(11(17)12(7)18)6-3-9(15)10(16)4-8(6)14/h1-4H. The van der Waals surface area contributed by atoms with E-state index in [9.17, 15) is 0 Å². The molecule has 2 rings (SSSR count). The summed E-state index contributed by atoms with van der Waals surface area (Å²) in [6.07, 6.45) is 0. The van der Waals surface area contributed by atoms with Crippen molar-refractivity contribution in [1.29, 1.82) is 0 Å². The maximum atomic E-state index is 6.15. The summed E-state index contributed by atoms with van der Waals surface area (Å²) in [4.78, 5) is 0. The third kappa shape index (κ3) is 2.70. The van der Waals surface area contributed by atoms with Gasteiger partial charge in [-0.25, -0.2) is 0 Å². The van der Waals surface area contributed by atoms with Crippen molar-refractivity contribution in [3.63, 3.8) is 0 Å². The van der Waals surface area contributed by atoms with Crippen molar-refractivity contribution < 1.29 is 0 Å². The number of benzene rings is 2. The molecule has 0 aliphatic rings. The predicted octanol–water partition coefficient (Wildman–Crippen LogP) is 7.27. The SMILES string of the molecule is Clc1cc(Cl)c(-c2ccc(Cl)c(Cl)c2Cl)cc1Cl. The molecular formula is C12H4Cl6. The molecule has 2 aromatic carbocycles. The van der Waals surface area contributed by atoms with Crippen molar-refractivity contribution in [3.8, 4) is 11.1 Å². The first-order valence-corrected chi connectivity index (χ1v) is 6.97. The number of hydrogen-bond donors (Lipinski definition) is 0.